The maximum Gasteiger partial charge on any atom is 0.416 e. The number of halogens is 3. The Balaban J connectivity index is 1.62. The number of carbonyl (C=O) groups excluding carboxylic acids is 1. The number of carboxylic acid groups (broad SMARTS) is 1. The van der Waals surface area contributed by atoms with Gasteiger partial charge in [0.2, 0.25) is 15.9 Å². The summed E-state index contributed by atoms with van der Waals surface area (Å²) in [5.41, 5.74) is -1.55. The Bertz CT molecular complexity index is 1170. The van der Waals surface area contributed by atoms with Crippen LogP contribution in [0.3, 0.4) is 0 Å². The molecule has 2 aromatic carbocycles. The fourth-order valence-corrected chi connectivity index (χ4v) is 5.60. The maximum atomic E-state index is 13.0. The third-order valence-electron chi connectivity index (χ3n) is 6.60. The molecule has 0 heterocycles. The van der Waals surface area contributed by atoms with Crippen molar-refractivity contribution in [1.82, 2.24) is 10.0 Å². The molecule has 1 amide bonds. The molecule has 1 aliphatic carbocycles. The first-order valence-electron chi connectivity index (χ1n) is 11.5. The lowest BCUT2D eigenvalue weighted by molar-refractivity contribution is -0.149. The number of nitrogens with one attached hydrogen (secondary N) is 2. The van der Waals surface area contributed by atoms with Crippen LogP contribution in [0.25, 0.3) is 0 Å². The summed E-state index contributed by atoms with van der Waals surface area (Å²) in [7, 11) is -4.03. The summed E-state index contributed by atoms with van der Waals surface area (Å²) in [6, 6.07) is 10.9. The van der Waals surface area contributed by atoms with Crippen molar-refractivity contribution in [1.29, 1.82) is 0 Å². The third-order valence-corrected chi connectivity index (χ3v) is 8.14. The Labute approximate surface area is 208 Å². The summed E-state index contributed by atoms with van der Waals surface area (Å²) >= 11 is 0. The monoisotopic (exact) mass is 526 g/mol. The summed E-state index contributed by atoms with van der Waals surface area (Å²) in [5.74, 6) is -1.78. The highest BCUT2D eigenvalue weighted by Crippen LogP contribution is 2.35. The number of carboxylic acids is 1. The Hall–Kier alpha value is -2.92. The molecule has 0 unspecified atom stereocenters. The number of hydrogen-bond donors (Lipinski definition) is 3. The second-order valence-corrected chi connectivity index (χ2v) is 11.3. The van der Waals surface area contributed by atoms with Crippen LogP contribution in [-0.4, -0.2) is 31.4 Å². The molecular formula is C25H29F3N2O5S. The van der Waals surface area contributed by atoms with E-state index in [9.17, 15) is 36.3 Å². The van der Waals surface area contributed by atoms with Crippen molar-refractivity contribution in [2.75, 3.05) is 0 Å². The van der Waals surface area contributed by atoms with Crippen LogP contribution in [0.2, 0.25) is 0 Å². The fraction of sp³-hybridized carbons (Fsp3) is 0.440. The van der Waals surface area contributed by atoms with Gasteiger partial charge in [0.05, 0.1) is 21.9 Å². The summed E-state index contributed by atoms with van der Waals surface area (Å²) in [6.07, 6.45) is -3.09. The van der Waals surface area contributed by atoms with Gasteiger partial charge in [0, 0.05) is 12.0 Å². The summed E-state index contributed by atoms with van der Waals surface area (Å²) in [6.45, 7) is 3.08. The summed E-state index contributed by atoms with van der Waals surface area (Å²) < 4.78 is 66.0. The van der Waals surface area contributed by atoms with Crippen LogP contribution in [0, 0.1) is 11.3 Å². The zero-order valence-electron chi connectivity index (χ0n) is 19.9. The van der Waals surface area contributed by atoms with Gasteiger partial charge in [-0.15, -0.1) is 0 Å². The highest BCUT2D eigenvalue weighted by atomic mass is 32.2. The minimum absolute atomic E-state index is 0.267. The number of benzene rings is 2. The van der Waals surface area contributed by atoms with Gasteiger partial charge in [-0.3, -0.25) is 9.59 Å². The van der Waals surface area contributed by atoms with Crippen LogP contribution in [0.1, 0.15) is 56.7 Å². The molecule has 0 aliphatic heterocycles. The molecule has 1 aliphatic rings. The molecule has 3 N–H and O–H groups in total. The molecule has 196 valence electrons. The minimum atomic E-state index is -4.56. The second-order valence-electron chi connectivity index (χ2n) is 9.57. The van der Waals surface area contributed by atoms with Gasteiger partial charge in [-0.2, -0.15) is 13.2 Å². The van der Waals surface area contributed by atoms with Crippen LogP contribution >= 0.6 is 0 Å². The van der Waals surface area contributed by atoms with Crippen molar-refractivity contribution in [3.63, 3.8) is 0 Å². The topological polar surface area (TPSA) is 113 Å². The van der Waals surface area contributed by atoms with Gasteiger partial charge in [-0.1, -0.05) is 30.3 Å². The first-order valence-corrected chi connectivity index (χ1v) is 13.0. The molecule has 36 heavy (non-hydrogen) atoms. The van der Waals surface area contributed by atoms with Crippen LogP contribution in [0.15, 0.2) is 59.5 Å². The van der Waals surface area contributed by atoms with E-state index < -0.39 is 51.1 Å². The molecular weight excluding hydrogens is 497 g/mol. The fourth-order valence-electron chi connectivity index (χ4n) is 4.29. The smallest absolute Gasteiger partial charge is 0.416 e. The number of alkyl halides is 3. The van der Waals surface area contributed by atoms with Crippen molar-refractivity contribution < 1.29 is 36.3 Å². The van der Waals surface area contributed by atoms with E-state index in [0.717, 1.165) is 24.3 Å². The van der Waals surface area contributed by atoms with Crippen molar-refractivity contribution in [3.05, 3.63) is 65.7 Å². The summed E-state index contributed by atoms with van der Waals surface area (Å²) in [4.78, 5) is 24.7. The van der Waals surface area contributed by atoms with Crippen molar-refractivity contribution >= 4 is 21.9 Å². The Morgan fingerprint density at radius 2 is 1.50 bits per heavy atom. The molecule has 3 rings (SSSR count). The molecule has 2 aromatic rings. The zero-order chi connectivity index (χ0) is 26.7. The first-order chi connectivity index (χ1) is 16.7. The Morgan fingerprint density at radius 1 is 0.944 bits per heavy atom. The van der Waals surface area contributed by atoms with Gasteiger partial charge in [0.25, 0.3) is 0 Å². The number of rotatable bonds is 8. The highest BCUT2D eigenvalue weighted by Gasteiger charge is 2.40. The molecule has 0 radical (unpaired) electrons. The second kappa shape index (κ2) is 10.6. The molecule has 1 fully saturated rings. The predicted molar refractivity (Wildman–Crippen MR) is 126 cm³/mol. The maximum absolute atomic E-state index is 13.0. The van der Waals surface area contributed by atoms with E-state index in [2.05, 4.69) is 10.0 Å². The quantitative estimate of drug-likeness (QED) is 0.469. The number of aliphatic carboxylic acids is 1. The molecule has 0 spiro atoms. The lowest BCUT2D eigenvalue weighted by Gasteiger charge is -2.34. The largest absolute Gasteiger partial charge is 0.481 e. The number of carbonyl (C=O) groups is 2. The number of hydrogen-bond acceptors (Lipinski definition) is 4. The van der Waals surface area contributed by atoms with Gasteiger partial charge in [0.15, 0.2) is 0 Å². The predicted octanol–water partition coefficient (Wildman–Crippen LogP) is 4.51. The third kappa shape index (κ3) is 6.44. The van der Waals surface area contributed by atoms with E-state index in [4.69, 9.17) is 0 Å². The van der Waals surface area contributed by atoms with Gasteiger partial charge in [-0.05, 0) is 69.4 Å². The summed E-state index contributed by atoms with van der Waals surface area (Å²) in [5, 5.41) is 12.6. The van der Waals surface area contributed by atoms with Crippen molar-refractivity contribution in [2.45, 2.75) is 62.7 Å². The van der Waals surface area contributed by atoms with E-state index in [1.807, 2.05) is 0 Å². The lowest BCUT2D eigenvalue weighted by Crippen LogP contribution is -2.46. The van der Waals surface area contributed by atoms with Gasteiger partial charge in [-0.25, -0.2) is 13.1 Å². The molecule has 1 saturated carbocycles. The highest BCUT2D eigenvalue weighted by molar-refractivity contribution is 7.89. The minimum Gasteiger partial charge on any atom is -0.481 e. The van der Waals surface area contributed by atoms with Gasteiger partial charge >= 0.3 is 12.1 Å². The molecule has 0 bridgehead atoms. The van der Waals surface area contributed by atoms with E-state index in [1.54, 1.807) is 44.2 Å². The van der Waals surface area contributed by atoms with Gasteiger partial charge in [0.1, 0.15) is 0 Å². The van der Waals surface area contributed by atoms with Crippen LogP contribution < -0.4 is 10.0 Å². The van der Waals surface area contributed by atoms with Crippen molar-refractivity contribution in [2.24, 2.45) is 11.3 Å². The van der Waals surface area contributed by atoms with Crippen LogP contribution in [0.5, 0.6) is 0 Å². The molecule has 1 atom stereocenters. The molecule has 0 aromatic heterocycles. The van der Waals surface area contributed by atoms with E-state index in [0.29, 0.717) is 31.2 Å². The number of sulfonamides is 1. The molecule has 0 saturated heterocycles. The average molecular weight is 527 g/mol. The van der Waals surface area contributed by atoms with Gasteiger partial charge < -0.3 is 10.4 Å². The van der Waals surface area contributed by atoms with E-state index in [-0.39, 0.29) is 10.8 Å². The molecule has 7 nitrogen and oxygen atoms in total. The zero-order valence-corrected chi connectivity index (χ0v) is 20.7. The van der Waals surface area contributed by atoms with Crippen LogP contribution in [0.4, 0.5) is 13.2 Å². The standard InChI is InChI=1S/C25H29F3N2O5S/c1-24(2,23(32)33)21(16-6-4-3-5-7-16)29-22(31)17-8-12-19(13-9-17)30-36(34,35)20-14-10-18(11-15-20)25(26,27)28/h3-7,10-11,14-15,17,19,21,30H,8-9,12-13H2,1-2H3,(H,29,31)(H,32,33)/t17-,19-,21-/m0/s1. The van der Waals surface area contributed by atoms with E-state index in [1.165, 1.54) is 0 Å². The normalized spacial score (nSPS) is 19.9. The van der Waals surface area contributed by atoms with E-state index >= 15 is 0 Å². The molecule has 11 heteroatoms. The number of amides is 1. The first kappa shape index (κ1) is 27.7. The Kier molecular flexibility index (Phi) is 8.14. The van der Waals surface area contributed by atoms with Crippen LogP contribution in [-0.2, 0) is 25.8 Å². The average Bonchev–Trinajstić information content (AvgIpc) is 2.82. The Morgan fingerprint density at radius 3 is 2.00 bits per heavy atom. The lowest BCUT2D eigenvalue weighted by atomic mass is 9.79. The SMILES string of the molecule is CC(C)(C(=O)O)[C@@H](NC(=O)[C@H]1CC[C@H](NS(=O)(=O)c2ccc(C(F)(F)F)cc2)CC1)c1ccccc1. The van der Waals surface area contributed by atoms with Crippen molar-refractivity contribution in [3.8, 4) is 0 Å².